The molecule has 1 aliphatic heterocycles. The summed E-state index contributed by atoms with van der Waals surface area (Å²) in [7, 11) is 0. The molecule has 1 aliphatic rings. The fourth-order valence-electron chi connectivity index (χ4n) is 2.08. The van der Waals surface area contributed by atoms with E-state index in [0.717, 1.165) is 22.3 Å². The van der Waals surface area contributed by atoms with Gasteiger partial charge < -0.3 is 0 Å². The van der Waals surface area contributed by atoms with E-state index in [0.29, 0.717) is 15.0 Å². The van der Waals surface area contributed by atoms with Crippen LogP contribution in [0.1, 0.15) is 15.9 Å². The van der Waals surface area contributed by atoms with Gasteiger partial charge in [-0.2, -0.15) is 5.01 Å². The van der Waals surface area contributed by atoms with Gasteiger partial charge in [0.05, 0.1) is 15.5 Å². The van der Waals surface area contributed by atoms with Gasteiger partial charge in [-0.25, -0.2) is 0 Å². The van der Waals surface area contributed by atoms with Crippen LogP contribution in [0.3, 0.4) is 0 Å². The summed E-state index contributed by atoms with van der Waals surface area (Å²) in [6.07, 6.45) is 1.77. The summed E-state index contributed by atoms with van der Waals surface area (Å²) in [6.45, 7) is 0. The van der Waals surface area contributed by atoms with Crippen LogP contribution in [0.4, 0.5) is 4.79 Å². The lowest BCUT2D eigenvalue weighted by Crippen LogP contribution is -2.44. The van der Waals surface area contributed by atoms with E-state index in [2.05, 4.69) is 5.43 Å². The number of amides is 2. The lowest BCUT2D eigenvalue weighted by atomic mass is 10.2. The maximum atomic E-state index is 12.3. The zero-order valence-corrected chi connectivity index (χ0v) is 15.7. The summed E-state index contributed by atoms with van der Waals surface area (Å²) in [5.74, 6) is -0.505. The number of benzene rings is 2. The number of nitrogens with zero attached hydrogens (tertiary/aromatic N) is 1. The predicted molar refractivity (Wildman–Crippen MR) is 106 cm³/mol. The van der Waals surface area contributed by atoms with Crippen LogP contribution >= 0.6 is 47.2 Å². The van der Waals surface area contributed by atoms with Crippen molar-refractivity contribution in [3.05, 3.63) is 74.6 Å². The van der Waals surface area contributed by atoms with Crippen LogP contribution in [0.2, 0.25) is 10.0 Å². The molecule has 1 N–H and O–H groups in total. The molecule has 3 rings (SSSR count). The first-order valence-corrected chi connectivity index (χ1v) is 9.03. The van der Waals surface area contributed by atoms with Crippen molar-refractivity contribution in [3.63, 3.8) is 0 Å². The lowest BCUT2D eigenvalue weighted by Gasteiger charge is -2.16. The van der Waals surface area contributed by atoms with Crippen LogP contribution in [-0.2, 0) is 0 Å². The molecule has 0 aromatic heterocycles. The normalized spacial score (nSPS) is 15.8. The number of hydrazine groups is 1. The van der Waals surface area contributed by atoms with Crippen molar-refractivity contribution >= 4 is 69.4 Å². The Hall–Kier alpha value is -1.86. The van der Waals surface area contributed by atoms with Crippen LogP contribution < -0.4 is 5.43 Å². The molecule has 8 heteroatoms. The quantitative estimate of drug-likeness (QED) is 0.561. The molecular weight excluding hydrogens is 399 g/mol. The third kappa shape index (κ3) is 4.04. The summed E-state index contributed by atoms with van der Waals surface area (Å²) in [5.41, 5.74) is 3.61. The minimum Gasteiger partial charge on any atom is -0.267 e. The molecule has 25 heavy (non-hydrogen) atoms. The van der Waals surface area contributed by atoms with Crippen molar-refractivity contribution in [2.45, 2.75) is 0 Å². The SMILES string of the molecule is O=C(NN1C(=O)SC(=Cc2ccc(Cl)cc2)C1=S)c1ccccc1Cl. The number of thioether (sulfide) groups is 1. The van der Waals surface area contributed by atoms with Crippen LogP contribution in [0.25, 0.3) is 6.08 Å². The van der Waals surface area contributed by atoms with E-state index in [1.807, 2.05) is 12.1 Å². The van der Waals surface area contributed by atoms with Gasteiger partial charge >= 0.3 is 5.24 Å². The van der Waals surface area contributed by atoms with Crippen LogP contribution in [0.15, 0.2) is 53.4 Å². The number of rotatable bonds is 3. The van der Waals surface area contributed by atoms with Gasteiger partial charge in [-0.05, 0) is 47.7 Å². The van der Waals surface area contributed by atoms with Gasteiger partial charge in [0.25, 0.3) is 5.91 Å². The van der Waals surface area contributed by atoms with Gasteiger partial charge in [-0.3, -0.25) is 15.0 Å². The average Bonchev–Trinajstić information content (AvgIpc) is 2.85. The maximum Gasteiger partial charge on any atom is 0.310 e. The molecule has 0 saturated carbocycles. The third-order valence-corrected chi connectivity index (χ3v) is 5.29. The first-order valence-electron chi connectivity index (χ1n) is 7.05. The fourth-order valence-corrected chi connectivity index (χ4v) is 3.59. The molecule has 1 saturated heterocycles. The van der Waals surface area contributed by atoms with E-state index >= 15 is 0 Å². The van der Waals surface area contributed by atoms with Crippen molar-refractivity contribution in [1.82, 2.24) is 10.4 Å². The Morgan fingerprint density at radius 1 is 1.12 bits per heavy atom. The Morgan fingerprint density at radius 2 is 1.80 bits per heavy atom. The first kappa shape index (κ1) is 17.9. The van der Waals surface area contributed by atoms with Gasteiger partial charge in [-0.15, -0.1) is 0 Å². The molecule has 0 unspecified atom stereocenters. The van der Waals surface area contributed by atoms with Crippen molar-refractivity contribution in [2.24, 2.45) is 0 Å². The van der Waals surface area contributed by atoms with Crippen LogP contribution in [0.5, 0.6) is 0 Å². The van der Waals surface area contributed by atoms with E-state index in [4.69, 9.17) is 35.4 Å². The molecule has 2 aromatic rings. The fraction of sp³-hybridized carbons (Fsp3) is 0. The minimum absolute atomic E-state index is 0.227. The first-order chi connectivity index (χ1) is 12.0. The Kier molecular flexibility index (Phi) is 5.44. The van der Waals surface area contributed by atoms with Crippen LogP contribution in [-0.4, -0.2) is 21.1 Å². The Balaban J connectivity index is 1.79. The molecule has 2 aromatic carbocycles. The topological polar surface area (TPSA) is 49.4 Å². The van der Waals surface area contributed by atoms with Gasteiger partial charge in [0.1, 0.15) is 4.99 Å². The zero-order valence-electron chi connectivity index (χ0n) is 12.5. The molecule has 0 spiro atoms. The molecule has 2 amide bonds. The summed E-state index contributed by atoms with van der Waals surface area (Å²) < 4.78 is 0. The second kappa shape index (κ2) is 7.58. The van der Waals surface area contributed by atoms with Gasteiger partial charge in [0, 0.05) is 5.02 Å². The van der Waals surface area contributed by atoms with E-state index < -0.39 is 5.91 Å². The lowest BCUT2D eigenvalue weighted by molar-refractivity contribution is 0.0896. The summed E-state index contributed by atoms with van der Waals surface area (Å²) in [5, 5.41) is 1.58. The smallest absolute Gasteiger partial charge is 0.267 e. The highest BCUT2D eigenvalue weighted by Gasteiger charge is 2.33. The molecule has 0 bridgehead atoms. The highest BCUT2D eigenvalue weighted by Crippen LogP contribution is 2.32. The minimum atomic E-state index is -0.505. The van der Waals surface area contributed by atoms with Crippen molar-refractivity contribution in [2.75, 3.05) is 0 Å². The number of halogens is 2. The molecule has 1 heterocycles. The molecule has 126 valence electrons. The van der Waals surface area contributed by atoms with Crippen molar-refractivity contribution < 1.29 is 9.59 Å². The standard InChI is InChI=1S/C17H10Cl2N2O2S2/c18-11-7-5-10(6-8-11)9-14-16(24)21(17(23)25-14)20-15(22)12-3-1-2-4-13(12)19/h1-9H,(H,20,22). The predicted octanol–water partition coefficient (Wildman–Crippen LogP) is 5.18. The second-order valence-electron chi connectivity index (χ2n) is 4.99. The van der Waals surface area contributed by atoms with E-state index in [1.54, 1.807) is 42.5 Å². The third-order valence-electron chi connectivity index (χ3n) is 3.29. The number of thiocarbonyl (C=S) groups is 1. The maximum absolute atomic E-state index is 12.3. The molecule has 4 nitrogen and oxygen atoms in total. The monoisotopic (exact) mass is 408 g/mol. The molecular formula is C17H10Cl2N2O2S2. The summed E-state index contributed by atoms with van der Waals surface area (Å²) >= 11 is 18.1. The second-order valence-corrected chi connectivity index (χ2v) is 7.21. The largest absolute Gasteiger partial charge is 0.310 e. The molecule has 0 atom stereocenters. The molecule has 0 radical (unpaired) electrons. The average molecular weight is 409 g/mol. The van der Waals surface area contributed by atoms with Gasteiger partial charge in [0.15, 0.2) is 0 Å². The molecule has 0 aliphatic carbocycles. The van der Waals surface area contributed by atoms with Gasteiger partial charge in [0.2, 0.25) is 0 Å². The number of hydrogen-bond donors (Lipinski definition) is 1. The Morgan fingerprint density at radius 3 is 2.48 bits per heavy atom. The van der Waals surface area contributed by atoms with Crippen LogP contribution in [0, 0.1) is 0 Å². The highest BCUT2D eigenvalue weighted by molar-refractivity contribution is 8.19. The van der Waals surface area contributed by atoms with Crippen molar-refractivity contribution in [3.8, 4) is 0 Å². The van der Waals surface area contributed by atoms with E-state index in [9.17, 15) is 9.59 Å². The Labute approximate surface area is 163 Å². The number of hydrogen-bond acceptors (Lipinski definition) is 4. The van der Waals surface area contributed by atoms with Crippen molar-refractivity contribution in [1.29, 1.82) is 0 Å². The number of carbonyl (C=O) groups is 2. The number of nitrogens with one attached hydrogen (secondary N) is 1. The molecule has 1 fully saturated rings. The Bertz CT molecular complexity index is 898. The zero-order chi connectivity index (χ0) is 18.0. The van der Waals surface area contributed by atoms with Gasteiger partial charge in [-0.1, -0.05) is 59.7 Å². The van der Waals surface area contributed by atoms with E-state index in [-0.39, 0.29) is 15.8 Å². The number of carbonyl (C=O) groups excluding carboxylic acids is 2. The summed E-state index contributed by atoms with van der Waals surface area (Å²) in [6, 6.07) is 13.7. The highest BCUT2D eigenvalue weighted by atomic mass is 35.5. The summed E-state index contributed by atoms with van der Waals surface area (Å²) in [4.78, 5) is 25.3. The van der Waals surface area contributed by atoms with E-state index in [1.165, 1.54) is 0 Å².